The van der Waals surface area contributed by atoms with Gasteiger partial charge >= 0.3 is 0 Å². The van der Waals surface area contributed by atoms with Gasteiger partial charge in [0.1, 0.15) is 18.5 Å². The summed E-state index contributed by atoms with van der Waals surface area (Å²) in [5, 5.41) is 4.17. The lowest BCUT2D eigenvalue weighted by Crippen LogP contribution is -2.01. The fraction of sp³-hybridized carbons (Fsp3) is 0.250. The summed E-state index contributed by atoms with van der Waals surface area (Å²) in [5.74, 6) is 2.97. The Morgan fingerprint density at radius 3 is 2.85 bits per heavy atom. The molecule has 2 aromatic carbocycles. The minimum absolute atomic E-state index is 0.680. The maximum atomic E-state index is 5.97. The fourth-order valence-corrected chi connectivity index (χ4v) is 3.05. The van der Waals surface area contributed by atoms with E-state index in [1.54, 1.807) is 18.1 Å². The maximum absolute atomic E-state index is 5.97. The molecule has 2 aromatic heterocycles. The zero-order chi connectivity index (χ0) is 18.2. The van der Waals surface area contributed by atoms with Gasteiger partial charge < -0.3 is 14.5 Å². The predicted octanol–water partition coefficient (Wildman–Crippen LogP) is 3.61. The summed E-state index contributed by atoms with van der Waals surface area (Å²) in [6.07, 6.45) is 5.69. The molecule has 0 saturated heterocycles. The molecule has 0 radical (unpaired) electrons. The third-order valence-corrected chi connectivity index (χ3v) is 4.76. The van der Waals surface area contributed by atoms with Crippen LogP contribution in [0.5, 0.6) is 11.5 Å². The van der Waals surface area contributed by atoms with Crippen LogP contribution < -0.4 is 9.47 Å². The Morgan fingerprint density at radius 1 is 1.15 bits per heavy atom. The van der Waals surface area contributed by atoms with Crippen LogP contribution in [0.15, 0.2) is 49.1 Å². The molecule has 1 aliphatic rings. The van der Waals surface area contributed by atoms with Crippen LogP contribution in [-0.4, -0.2) is 38.4 Å². The predicted molar refractivity (Wildman–Crippen MR) is 101 cm³/mol. The van der Waals surface area contributed by atoms with Gasteiger partial charge in [0.25, 0.3) is 0 Å². The number of nitrogens with zero attached hydrogens (tertiary/aromatic N) is 4. The smallest absolute Gasteiger partial charge is 0.161 e. The first-order valence-corrected chi connectivity index (χ1v) is 8.96. The van der Waals surface area contributed by atoms with Crippen molar-refractivity contribution in [3.8, 4) is 28.6 Å². The number of hydrogen-bond donors (Lipinski definition) is 1. The van der Waals surface area contributed by atoms with Crippen molar-refractivity contribution in [2.24, 2.45) is 5.92 Å². The van der Waals surface area contributed by atoms with Crippen LogP contribution in [0.1, 0.15) is 12.8 Å². The molecule has 0 amide bonds. The standard InChI is InChI=1S/C20H19N5O2/c1-26-18-7-4-14(8-19(18)27-10-13-2-3-13)20-23-16-6-5-15(9-17(16)24-20)25-12-21-11-22-25/h4-9,11-13H,2-3,10H2,1H3,(H,23,24). The first kappa shape index (κ1) is 15.9. The summed E-state index contributed by atoms with van der Waals surface area (Å²) in [7, 11) is 1.66. The summed E-state index contributed by atoms with van der Waals surface area (Å²) in [6, 6.07) is 11.8. The molecule has 27 heavy (non-hydrogen) atoms. The van der Waals surface area contributed by atoms with Crippen molar-refractivity contribution in [2.45, 2.75) is 12.8 Å². The van der Waals surface area contributed by atoms with E-state index in [-0.39, 0.29) is 0 Å². The second-order valence-electron chi connectivity index (χ2n) is 6.75. The third kappa shape index (κ3) is 3.12. The molecule has 136 valence electrons. The van der Waals surface area contributed by atoms with Crippen molar-refractivity contribution < 1.29 is 9.47 Å². The Kier molecular flexibility index (Phi) is 3.78. The Hall–Kier alpha value is -3.35. The van der Waals surface area contributed by atoms with Gasteiger partial charge in [-0.3, -0.25) is 0 Å². The number of ether oxygens (including phenoxy) is 2. The molecule has 1 saturated carbocycles. The Labute approximate surface area is 156 Å². The van der Waals surface area contributed by atoms with E-state index in [4.69, 9.17) is 14.5 Å². The molecule has 7 nitrogen and oxygen atoms in total. The van der Waals surface area contributed by atoms with Crippen LogP contribution >= 0.6 is 0 Å². The molecule has 0 spiro atoms. The van der Waals surface area contributed by atoms with E-state index in [0.29, 0.717) is 5.92 Å². The quantitative estimate of drug-likeness (QED) is 0.568. The first-order valence-electron chi connectivity index (χ1n) is 8.96. The van der Waals surface area contributed by atoms with Crippen molar-refractivity contribution in [1.82, 2.24) is 24.7 Å². The van der Waals surface area contributed by atoms with E-state index in [1.165, 1.54) is 19.2 Å². The van der Waals surface area contributed by atoms with E-state index in [2.05, 4.69) is 15.1 Å². The molecule has 1 N–H and O–H groups in total. The van der Waals surface area contributed by atoms with Crippen LogP contribution in [0.2, 0.25) is 0 Å². The molecule has 4 aromatic rings. The minimum atomic E-state index is 0.680. The monoisotopic (exact) mass is 361 g/mol. The number of imidazole rings is 1. The number of methoxy groups -OCH3 is 1. The number of fused-ring (bicyclic) bond motifs is 1. The normalized spacial score (nSPS) is 13.8. The van der Waals surface area contributed by atoms with Gasteiger partial charge in [-0.2, -0.15) is 5.10 Å². The van der Waals surface area contributed by atoms with Gasteiger partial charge in [0, 0.05) is 5.56 Å². The zero-order valence-electron chi connectivity index (χ0n) is 14.9. The molecular formula is C20H19N5O2. The second-order valence-corrected chi connectivity index (χ2v) is 6.75. The van der Waals surface area contributed by atoms with Gasteiger partial charge in [-0.05, 0) is 55.2 Å². The fourth-order valence-electron chi connectivity index (χ4n) is 3.05. The third-order valence-electron chi connectivity index (χ3n) is 4.76. The Morgan fingerprint density at radius 2 is 2.07 bits per heavy atom. The van der Waals surface area contributed by atoms with E-state index in [9.17, 15) is 0 Å². The molecule has 5 rings (SSSR count). The Bertz CT molecular complexity index is 1080. The van der Waals surface area contributed by atoms with E-state index < -0.39 is 0 Å². The van der Waals surface area contributed by atoms with Crippen LogP contribution in [0.25, 0.3) is 28.1 Å². The largest absolute Gasteiger partial charge is 0.493 e. The molecule has 0 atom stereocenters. The van der Waals surface area contributed by atoms with Crippen molar-refractivity contribution in [2.75, 3.05) is 13.7 Å². The molecule has 0 aliphatic heterocycles. The van der Waals surface area contributed by atoms with Crippen molar-refractivity contribution >= 4 is 11.0 Å². The van der Waals surface area contributed by atoms with Crippen LogP contribution in [0.4, 0.5) is 0 Å². The lowest BCUT2D eigenvalue weighted by molar-refractivity contribution is 0.280. The molecule has 0 bridgehead atoms. The van der Waals surface area contributed by atoms with Gasteiger partial charge in [0.2, 0.25) is 0 Å². The minimum Gasteiger partial charge on any atom is -0.493 e. The second kappa shape index (κ2) is 6.42. The van der Waals surface area contributed by atoms with E-state index in [1.807, 2.05) is 36.4 Å². The highest BCUT2D eigenvalue weighted by Crippen LogP contribution is 2.35. The summed E-state index contributed by atoms with van der Waals surface area (Å²) < 4.78 is 13.1. The van der Waals surface area contributed by atoms with Crippen LogP contribution in [-0.2, 0) is 0 Å². The zero-order valence-corrected chi connectivity index (χ0v) is 14.9. The lowest BCUT2D eigenvalue weighted by atomic mass is 10.2. The SMILES string of the molecule is COc1ccc(-c2nc3ccc(-n4cncn4)cc3[nH]2)cc1OCC1CC1. The average molecular weight is 361 g/mol. The number of hydrogen-bond acceptors (Lipinski definition) is 5. The number of rotatable bonds is 6. The van der Waals surface area contributed by atoms with Crippen LogP contribution in [0.3, 0.4) is 0 Å². The topological polar surface area (TPSA) is 77.9 Å². The van der Waals surface area contributed by atoms with E-state index >= 15 is 0 Å². The van der Waals surface area contributed by atoms with Crippen molar-refractivity contribution in [3.63, 3.8) is 0 Å². The van der Waals surface area contributed by atoms with Crippen molar-refractivity contribution in [3.05, 3.63) is 49.1 Å². The number of aromatic nitrogens is 5. The summed E-state index contributed by atoms with van der Waals surface area (Å²) >= 11 is 0. The molecule has 1 fully saturated rings. The van der Waals surface area contributed by atoms with Crippen LogP contribution in [0, 0.1) is 5.92 Å². The highest BCUT2D eigenvalue weighted by Gasteiger charge is 2.22. The average Bonchev–Trinajstić information content (AvgIpc) is 3.19. The van der Waals surface area contributed by atoms with E-state index in [0.717, 1.165) is 46.2 Å². The Balaban J connectivity index is 1.49. The van der Waals surface area contributed by atoms with Gasteiger partial charge in [0.15, 0.2) is 11.5 Å². The molecule has 7 heteroatoms. The number of nitrogens with one attached hydrogen (secondary N) is 1. The highest BCUT2D eigenvalue weighted by molar-refractivity contribution is 5.81. The molecular weight excluding hydrogens is 342 g/mol. The molecule has 2 heterocycles. The lowest BCUT2D eigenvalue weighted by Gasteiger charge is -2.11. The highest BCUT2D eigenvalue weighted by atomic mass is 16.5. The summed E-state index contributed by atoms with van der Waals surface area (Å²) in [5.41, 5.74) is 3.72. The van der Waals surface area contributed by atoms with Gasteiger partial charge in [-0.15, -0.1) is 0 Å². The van der Waals surface area contributed by atoms with Gasteiger partial charge in [0.05, 0.1) is 30.4 Å². The number of aromatic amines is 1. The first-order chi connectivity index (χ1) is 13.3. The van der Waals surface area contributed by atoms with Crippen molar-refractivity contribution in [1.29, 1.82) is 0 Å². The van der Waals surface area contributed by atoms with Gasteiger partial charge in [-0.25, -0.2) is 14.6 Å². The summed E-state index contributed by atoms with van der Waals surface area (Å²) in [4.78, 5) is 12.1. The number of benzene rings is 2. The molecule has 0 unspecified atom stereocenters. The molecule has 1 aliphatic carbocycles. The number of H-pyrrole nitrogens is 1. The van der Waals surface area contributed by atoms with Gasteiger partial charge in [-0.1, -0.05) is 0 Å². The maximum Gasteiger partial charge on any atom is 0.161 e. The summed E-state index contributed by atoms with van der Waals surface area (Å²) in [6.45, 7) is 0.737.